The average molecular weight is 544 g/mol. The Morgan fingerprint density at radius 2 is 1.62 bits per heavy atom. The van der Waals surface area contributed by atoms with E-state index >= 15 is 0 Å². The first-order chi connectivity index (χ1) is 19.5. The summed E-state index contributed by atoms with van der Waals surface area (Å²) >= 11 is 0. The summed E-state index contributed by atoms with van der Waals surface area (Å²) in [6, 6.07) is 21.8. The van der Waals surface area contributed by atoms with Gasteiger partial charge in [0.1, 0.15) is 18.1 Å². The van der Waals surface area contributed by atoms with E-state index in [0.29, 0.717) is 34.8 Å². The Bertz CT molecular complexity index is 1410. The van der Waals surface area contributed by atoms with Gasteiger partial charge in [-0.3, -0.25) is 14.5 Å². The minimum Gasteiger partial charge on any atom is -0.459 e. The highest BCUT2D eigenvalue weighted by Gasteiger charge is 2.55. The third-order valence-corrected chi connectivity index (χ3v) is 7.93. The summed E-state index contributed by atoms with van der Waals surface area (Å²) in [5.74, 6) is -2.05. The summed E-state index contributed by atoms with van der Waals surface area (Å²) in [5.41, 5.74) is 3.23. The monoisotopic (exact) mass is 543 g/mol. The summed E-state index contributed by atoms with van der Waals surface area (Å²) in [6.45, 7) is -1.02. The van der Waals surface area contributed by atoms with Crippen molar-refractivity contribution in [2.75, 3.05) is 18.1 Å². The third kappa shape index (κ3) is 5.31. The molecule has 1 aliphatic carbocycles. The summed E-state index contributed by atoms with van der Waals surface area (Å²) in [7, 11) is 0. The number of hydrogen-bond donors (Lipinski definition) is 4. The number of hydrogen-bond acceptors (Lipinski definition) is 7. The summed E-state index contributed by atoms with van der Waals surface area (Å²) in [4.78, 5) is 28.1. The largest absolute Gasteiger partial charge is 0.459 e. The summed E-state index contributed by atoms with van der Waals surface area (Å²) in [5, 5.41) is 41.5. The van der Waals surface area contributed by atoms with E-state index in [1.54, 1.807) is 42.5 Å². The molecule has 3 aromatic rings. The standard InChI is InChI=1S/C32H33NO7/c34-17-22-16-26-30(32(39)33(31(26)38)23-9-5-2-6-10-23)27(19-36)29(22)28(37)14-11-21(20-7-3-1-4-8-20)15-24-12-13-25(18-35)40-24/h1-10,12-13,15,26-28,30,34-37H,11,14,16-19H2/b21-15-/t26-,27+,28-,30-/m1/s1. The van der Waals surface area contributed by atoms with Crippen LogP contribution in [0.5, 0.6) is 0 Å². The van der Waals surface area contributed by atoms with Crippen LogP contribution in [-0.2, 0) is 16.2 Å². The molecule has 2 heterocycles. The van der Waals surface area contributed by atoms with Crippen molar-refractivity contribution in [3.63, 3.8) is 0 Å². The van der Waals surface area contributed by atoms with Gasteiger partial charge in [0.25, 0.3) is 0 Å². The number of benzene rings is 2. The van der Waals surface area contributed by atoms with Gasteiger partial charge in [-0.05, 0) is 71.9 Å². The summed E-state index contributed by atoms with van der Waals surface area (Å²) in [6.07, 6.45) is 1.64. The maximum atomic E-state index is 13.6. The van der Waals surface area contributed by atoms with Crippen molar-refractivity contribution in [3.05, 3.63) is 101 Å². The number of nitrogens with zero attached hydrogens (tertiary/aromatic N) is 1. The Balaban J connectivity index is 1.42. The molecule has 0 unspecified atom stereocenters. The first-order valence-corrected chi connectivity index (χ1v) is 13.5. The van der Waals surface area contributed by atoms with Gasteiger partial charge in [0, 0.05) is 5.92 Å². The number of anilines is 1. The minimum atomic E-state index is -1.05. The second-order valence-electron chi connectivity index (χ2n) is 10.2. The number of allylic oxidation sites excluding steroid dienone is 1. The van der Waals surface area contributed by atoms with E-state index < -0.39 is 36.4 Å². The van der Waals surface area contributed by atoms with E-state index in [2.05, 4.69) is 0 Å². The molecule has 2 aliphatic rings. The summed E-state index contributed by atoms with van der Waals surface area (Å²) < 4.78 is 5.65. The number of fused-ring (bicyclic) bond motifs is 1. The number of rotatable bonds is 10. The molecule has 0 radical (unpaired) electrons. The van der Waals surface area contributed by atoms with Crippen LogP contribution in [0.15, 0.2) is 88.4 Å². The van der Waals surface area contributed by atoms with Crippen LogP contribution in [0.2, 0.25) is 0 Å². The maximum Gasteiger partial charge on any atom is 0.238 e. The van der Waals surface area contributed by atoms with Crippen molar-refractivity contribution < 1.29 is 34.4 Å². The molecule has 40 heavy (non-hydrogen) atoms. The maximum absolute atomic E-state index is 13.6. The van der Waals surface area contributed by atoms with Gasteiger partial charge in [-0.25, -0.2) is 0 Å². The van der Waals surface area contributed by atoms with E-state index in [0.717, 1.165) is 11.1 Å². The van der Waals surface area contributed by atoms with Gasteiger partial charge in [-0.15, -0.1) is 0 Å². The van der Waals surface area contributed by atoms with Crippen LogP contribution in [0.25, 0.3) is 11.6 Å². The van der Waals surface area contributed by atoms with Crippen molar-refractivity contribution in [3.8, 4) is 0 Å². The number of carbonyl (C=O) groups excluding carboxylic acids is 2. The molecule has 2 amide bonds. The second kappa shape index (κ2) is 12.1. The van der Waals surface area contributed by atoms with Gasteiger partial charge < -0.3 is 24.8 Å². The zero-order valence-corrected chi connectivity index (χ0v) is 22.0. The van der Waals surface area contributed by atoms with Crippen LogP contribution in [0.1, 0.15) is 36.3 Å². The molecule has 4 atom stereocenters. The average Bonchev–Trinajstić information content (AvgIpc) is 3.56. The Labute approximate surface area is 232 Å². The molecule has 0 spiro atoms. The number of imide groups is 1. The molecule has 0 bridgehead atoms. The number of carbonyl (C=O) groups is 2. The molecule has 1 aliphatic heterocycles. The van der Waals surface area contributed by atoms with E-state index in [4.69, 9.17) is 4.42 Å². The van der Waals surface area contributed by atoms with Crippen molar-refractivity contribution >= 4 is 29.2 Å². The van der Waals surface area contributed by atoms with Gasteiger partial charge in [-0.1, -0.05) is 48.5 Å². The van der Waals surface area contributed by atoms with Gasteiger partial charge >= 0.3 is 0 Å². The smallest absolute Gasteiger partial charge is 0.238 e. The Morgan fingerprint density at radius 3 is 2.25 bits per heavy atom. The fourth-order valence-electron chi connectivity index (χ4n) is 6.07. The van der Waals surface area contributed by atoms with Crippen LogP contribution in [0.3, 0.4) is 0 Å². The number of amides is 2. The molecule has 8 nitrogen and oxygen atoms in total. The molecule has 1 saturated heterocycles. The molecule has 1 aromatic heterocycles. The first kappa shape index (κ1) is 27.7. The van der Waals surface area contributed by atoms with E-state index in [1.165, 1.54) is 4.90 Å². The molecule has 0 saturated carbocycles. The quantitative estimate of drug-likeness (QED) is 0.227. The molecule has 208 valence electrons. The van der Waals surface area contributed by atoms with Crippen LogP contribution in [0, 0.1) is 17.8 Å². The van der Waals surface area contributed by atoms with E-state index in [-0.39, 0.29) is 32.0 Å². The van der Waals surface area contributed by atoms with Gasteiger partial charge in [0.15, 0.2) is 0 Å². The van der Waals surface area contributed by atoms with Crippen molar-refractivity contribution in [1.82, 2.24) is 0 Å². The number of aliphatic hydroxyl groups is 4. The van der Waals surface area contributed by atoms with Crippen LogP contribution in [-0.4, -0.2) is 51.6 Å². The Kier molecular flexibility index (Phi) is 8.42. The minimum absolute atomic E-state index is 0.148. The van der Waals surface area contributed by atoms with Crippen molar-refractivity contribution in [1.29, 1.82) is 0 Å². The third-order valence-electron chi connectivity index (χ3n) is 7.93. The van der Waals surface area contributed by atoms with Crippen LogP contribution >= 0.6 is 0 Å². The normalized spacial score (nSPS) is 22.1. The molecule has 2 aromatic carbocycles. The van der Waals surface area contributed by atoms with Crippen LogP contribution in [0.4, 0.5) is 5.69 Å². The molecule has 8 heteroatoms. The number of para-hydroxylation sites is 1. The number of aliphatic hydroxyl groups excluding tert-OH is 4. The van der Waals surface area contributed by atoms with Crippen molar-refractivity contribution in [2.24, 2.45) is 17.8 Å². The number of furan rings is 1. The van der Waals surface area contributed by atoms with Crippen molar-refractivity contribution in [2.45, 2.75) is 32.0 Å². The highest BCUT2D eigenvalue weighted by atomic mass is 16.4. The SMILES string of the molecule is O=C1[C@@H]2[C@@H](CC(CO)=C([C@H](O)CC/C(=C/c3ccc(CO)o3)c3ccccc3)[C@@H]2CO)C(=O)N1c1ccccc1. The molecule has 1 fully saturated rings. The van der Waals surface area contributed by atoms with Gasteiger partial charge in [0.2, 0.25) is 11.8 Å². The Hall–Kier alpha value is -3.82. The zero-order chi connectivity index (χ0) is 28.2. The lowest BCUT2D eigenvalue weighted by Crippen LogP contribution is -2.39. The predicted molar refractivity (Wildman–Crippen MR) is 149 cm³/mol. The topological polar surface area (TPSA) is 131 Å². The first-order valence-electron chi connectivity index (χ1n) is 13.5. The molecule has 4 N–H and O–H groups in total. The highest BCUT2D eigenvalue weighted by Crippen LogP contribution is 2.47. The highest BCUT2D eigenvalue weighted by molar-refractivity contribution is 6.22. The molecule has 5 rings (SSSR count). The van der Waals surface area contributed by atoms with E-state index in [9.17, 15) is 30.0 Å². The second-order valence-corrected chi connectivity index (χ2v) is 10.2. The molecular formula is C32H33NO7. The van der Waals surface area contributed by atoms with Gasteiger partial charge in [-0.2, -0.15) is 0 Å². The zero-order valence-electron chi connectivity index (χ0n) is 22.0. The fourth-order valence-corrected chi connectivity index (χ4v) is 6.07. The lowest BCUT2D eigenvalue weighted by molar-refractivity contribution is -0.123. The lowest BCUT2D eigenvalue weighted by atomic mass is 9.68. The van der Waals surface area contributed by atoms with E-state index in [1.807, 2.05) is 36.4 Å². The predicted octanol–water partition coefficient (Wildman–Crippen LogP) is 3.56. The Morgan fingerprint density at radius 1 is 0.925 bits per heavy atom. The van der Waals surface area contributed by atoms with Gasteiger partial charge in [0.05, 0.1) is 36.8 Å². The fraction of sp³-hybridized carbons (Fsp3) is 0.312. The lowest BCUT2D eigenvalue weighted by Gasteiger charge is -2.36. The van der Waals surface area contributed by atoms with Crippen LogP contribution < -0.4 is 4.90 Å². The molecular weight excluding hydrogens is 510 g/mol.